The number of rotatable bonds is 6. The molecule has 0 spiro atoms. The van der Waals surface area contributed by atoms with Crippen molar-refractivity contribution in [2.45, 2.75) is 39.7 Å². The molecule has 0 aromatic carbocycles. The molecule has 1 unspecified atom stereocenters. The number of likely N-dealkylation sites (N-methyl/N-ethyl adjacent to an activating group) is 1. The number of nitrogens with zero attached hydrogens (tertiary/aromatic N) is 2. The number of nitrogens with two attached hydrogens (primary N) is 1. The summed E-state index contributed by atoms with van der Waals surface area (Å²) in [6.45, 7) is 8.27. The third-order valence-corrected chi connectivity index (χ3v) is 2.47. The van der Waals surface area contributed by atoms with Crippen molar-refractivity contribution in [1.82, 2.24) is 4.90 Å². The lowest BCUT2D eigenvalue weighted by Crippen LogP contribution is -2.31. The quantitative estimate of drug-likeness (QED) is 0.503. The lowest BCUT2D eigenvalue weighted by Gasteiger charge is -2.22. The first-order valence-corrected chi connectivity index (χ1v) is 5.10. The molecular formula is C10H23N3. The Bertz CT molecular complexity index is 154. The summed E-state index contributed by atoms with van der Waals surface area (Å²) in [5.41, 5.74) is 5.60. The minimum atomic E-state index is 0.637. The van der Waals surface area contributed by atoms with Crippen LogP contribution >= 0.6 is 0 Å². The fourth-order valence-corrected chi connectivity index (χ4v) is 0.995. The van der Waals surface area contributed by atoms with Gasteiger partial charge in [-0.3, -0.25) is 4.99 Å². The largest absolute Gasteiger partial charge is 0.387 e. The highest BCUT2D eigenvalue weighted by Crippen LogP contribution is 1.98. The number of hydrogen-bond acceptors (Lipinski definition) is 2. The van der Waals surface area contributed by atoms with Crippen LogP contribution in [0.2, 0.25) is 0 Å². The zero-order chi connectivity index (χ0) is 10.3. The third-order valence-electron chi connectivity index (χ3n) is 2.47. The lowest BCUT2D eigenvalue weighted by atomic mass is 10.2. The second-order valence-electron chi connectivity index (χ2n) is 3.46. The first kappa shape index (κ1) is 12.4. The van der Waals surface area contributed by atoms with Crippen LogP contribution < -0.4 is 5.73 Å². The molecule has 13 heavy (non-hydrogen) atoms. The molecule has 0 aromatic heterocycles. The minimum absolute atomic E-state index is 0.637. The van der Waals surface area contributed by atoms with Crippen molar-refractivity contribution < 1.29 is 0 Å². The zero-order valence-corrected chi connectivity index (χ0v) is 9.38. The normalized spacial score (nSPS) is 15.0. The predicted octanol–water partition coefficient (Wildman–Crippen LogP) is 1.48. The highest BCUT2D eigenvalue weighted by molar-refractivity contribution is 5.79. The van der Waals surface area contributed by atoms with Crippen LogP contribution in [0.5, 0.6) is 0 Å². The van der Waals surface area contributed by atoms with E-state index in [4.69, 9.17) is 5.73 Å². The molecule has 0 saturated heterocycles. The third kappa shape index (κ3) is 5.64. The fraction of sp³-hybridized carbons (Fsp3) is 0.900. The van der Waals surface area contributed by atoms with Crippen LogP contribution in [0.25, 0.3) is 0 Å². The zero-order valence-electron chi connectivity index (χ0n) is 9.38. The van der Waals surface area contributed by atoms with Crippen molar-refractivity contribution in [3.63, 3.8) is 0 Å². The van der Waals surface area contributed by atoms with Gasteiger partial charge in [0.2, 0.25) is 0 Å². The van der Waals surface area contributed by atoms with Crippen molar-refractivity contribution in [2.75, 3.05) is 20.1 Å². The summed E-state index contributed by atoms with van der Waals surface area (Å²) in [7, 11) is 2.13. The maximum Gasteiger partial charge on any atom is 0.0934 e. The SMILES string of the molecule is CCC(N)=NCCN(C)C(C)CC. The Labute approximate surface area is 82.0 Å². The van der Waals surface area contributed by atoms with Crippen molar-refractivity contribution in [3.8, 4) is 0 Å². The molecule has 0 heterocycles. The van der Waals surface area contributed by atoms with Gasteiger partial charge in [-0.2, -0.15) is 0 Å². The molecule has 0 aliphatic carbocycles. The Morgan fingerprint density at radius 3 is 2.54 bits per heavy atom. The summed E-state index contributed by atoms with van der Waals surface area (Å²) in [4.78, 5) is 6.56. The van der Waals surface area contributed by atoms with E-state index in [1.807, 2.05) is 6.92 Å². The molecule has 1 atom stereocenters. The fourth-order valence-electron chi connectivity index (χ4n) is 0.995. The van der Waals surface area contributed by atoms with Crippen molar-refractivity contribution >= 4 is 5.84 Å². The van der Waals surface area contributed by atoms with Gasteiger partial charge in [-0.05, 0) is 20.4 Å². The molecule has 3 heteroatoms. The second-order valence-corrected chi connectivity index (χ2v) is 3.46. The maximum absolute atomic E-state index is 5.60. The van der Waals surface area contributed by atoms with E-state index in [0.717, 1.165) is 25.3 Å². The summed E-state index contributed by atoms with van der Waals surface area (Å²) in [6, 6.07) is 0.637. The van der Waals surface area contributed by atoms with Gasteiger partial charge >= 0.3 is 0 Å². The summed E-state index contributed by atoms with van der Waals surface area (Å²) in [5.74, 6) is 0.762. The average Bonchev–Trinajstić information content (AvgIpc) is 2.15. The Morgan fingerprint density at radius 1 is 1.46 bits per heavy atom. The van der Waals surface area contributed by atoms with Crippen LogP contribution in [-0.2, 0) is 0 Å². The Morgan fingerprint density at radius 2 is 2.08 bits per heavy atom. The number of hydrogen-bond donors (Lipinski definition) is 1. The highest BCUT2D eigenvalue weighted by atomic mass is 15.1. The monoisotopic (exact) mass is 185 g/mol. The molecule has 0 rings (SSSR count). The van der Waals surface area contributed by atoms with Crippen LogP contribution in [0.1, 0.15) is 33.6 Å². The molecular weight excluding hydrogens is 162 g/mol. The first-order chi connectivity index (χ1) is 6.11. The molecule has 0 radical (unpaired) electrons. The van der Waals surface area contributed by atoms with Gasteiger partial charge in [0.1, 0.15) is 0 Å². The van der Waals surface area contributed by atoms with Crippen molar-refractivity contribution in [1.29, 1.82) is 0 Å². The molecule has 0 aliphatic rings. The molecule has 0 amide bonds. The maximum atomic E-state index is 5.60. The van der Waals surface area contributed by atoms with E-state index in [-0.39, 0.29) is 0 Å². The van der Waals surface area contributed by atoms with Crippen LogP contribution in [0.4, 0.5) is 0 Å². The molecule has 2 N–H and O–H groups in total. The summed E-state index contributed by atoms with van der Waals surface area (Å²) < 4.78 is 0. The summed E-state index contributed by atoms with van der Waals surface area (Å²) in [6.07, 6.45) is 2.04. The van der Waals surface area contributed by atoms with E-state index in [2.05, 4.69) is 30.8 Å². The van der Waals surface area contributed by atoms with E-state index < -0.39 is 0 Å². The molecule has 78 valence electrons. The summed E-state index contributed by atoms with van der Waals surface area (Å²) in [5, 5.41) is 0. The smallest absolute Gasteiger partial charge is 0.0934 e. The molecule has 0 aromatic rings. The molecule has 0 aliphatic heterocycles. The van der Waals surface area contributed by atoms with Gasteiger partial charge in [0.05, 0.1) is 12.4 Å². The van der Waals surface area contributed by atoms with Gasteiger partial charge in [-0.1, -0.05) is 13.8 Å². The van der Waals surface area contributed by atoms with Gasteiger partial charge in [-0.25, -0.2) is 0 Å². The van der Waals surface area contributed by atoms with Gasteiger partial charge in [0.15, 0.2) is 0 Å². The second kappa shape index (κ2) is 6.89. The van der Waals surface area contributed by atoms with Crippen molar-refractivity contribution in [2.24, 2.45) is 10.7 Å². The Hall–Kier alpha value is -0.570. The van der Waals surface area contributed by atoms with Crippen LogP contribution in [-0.4, -0.2) is 36.9 Å². The highest BCUT2D eigenvalue weighted by Gasteiger charge is 2.04. The van der Waals surface area contributed by atoms with E-state index in [0.29, 0.717) is 6.04 Å². The summed E-state index contributed by atoms with van der Waals surface area (Å²) >= 11 is 0. The van der Waals surface area contributed by atoms with Crippen LogP contribution in [0.15, 0.2) is 4.99 Å². The molecule has 0 bridgehead atoms. The lowest BCUT2D eigenvalue weighted by molar-refractivity contribution is 0.259. The van der Waals surface area contributed by atoms with Gasteiger partial charge in [0.25, 0.3) is 0 Å². The molecule has 0 saturated carbocycles. The Balaban J connectivity index is 3.64. The minimum Gasteiger partial charge on any atom is -0.387 e. The predicted molar refractivity (Wildman–Crippen MR) is 59.2 cm³/mol. The molecule has 0 fully saturated rings. The standard InChI is InChI=1S/C10H23N3/c1-5-9(3)13(4)8-7-12-10(11)6-2/h9H,5-8H2,1-4H3,(H2,11,12). The first-order valence-electron chi connectivity index (χ1n) is 5.10. The van der Waals surface area contributed by atoms with Crippen LogP contribution in [0, 0.1) is 0 Å². The van der Waals surface area contributed by atoms with E-state index in [9.17, 15) is 0 Å². The number of aliphatic imine (C=N–C) groups is 1. The Kier molecular flexibility index (Phi) is 6.59. The van der Waals surface area contributed by atoms with Gasteiger partial charge in [-0.15, -0.1) is 0 Å². The van der Waals surface area contributed by atoms with Gasteiger partial charge in [0, 0.05) is 19.0 Å². The number of amidine groups is 1. The average molecular weight is 185 g/mol. The van der Waals surface area contributed by atoms with E-state index in [1.165, 1.54) is 6.42 Å². The van der Waals surface area contributed by atoms with E-state index in [1.54, 1.807) is 0 Å². The van der Waals surface area contributed by atoms with Gasteiger partial charge < -0.3 is 10.6 Å². The van der Waals surface area contributed by atoms with Crippen LogP contribution in [0.3, 0.4) is 0 Å². The van der Waals surface area contributed by atoms with E-state index >= 15 is 0 Å². The molecule has 3 nitrogen and oxygen atoms in total. The van der Waals surface area contributed by atoms with Crippen molar-refractivity contribution in [3.05, 3.63) is 0 Å². The topological polar surface area (TPSA) is 41.6 Å².